The first-order valence-corrected chi connectivity index (χ1v) is 12.1. The van der Waals surface area contributed by atoms with Gasteiger partial charge in [-0.2, -0.15) is 0 Å². The van der Waals surface area contributed by atoms with Crippen molar-refractivity contribution in [3.05, 3.63) is 46.3 Å². The van der Waals surface area contributed by atoms with Gasteiger partial charge >= 0.3 is 0 Å². The summed E-state index contributed by atoms with van der Waals surface area (Å²) in [6.07, 6.45) is 10.8. The van der Waals surface area contributed by atoms with E-state index >= 15 is 0 Å². The van der Waals surface area contributed by atoms with Gasteiger partial charge in [0, 0.05) is 17.4 Å². The van der Waals surface area contributed by atoms with E-state index in [1.807, 2.05) is 6.92 Å². The van der Waals surface area contributed by atoms with Crippen molar-refractivity contribution in [1.82, 2.24) is 0 Å². The van der Waals surface area contributed by atoms with Crippen LogP contribution in [0.5, 0.6) is 0 Å². The molecule has 0 amide bonds. The molecule has 4 heteroatoms. The number of hydrogen-bond acceptors (Lipinski definition) is 4. The van der Waals surface area contributed by atoms with Crippen LogP contribution in [0.2, 0.25) is 0 Å². The van der Waals surface area contributed by atoms with E-state index in [0.717, 1.165) is 36.8 Å². The standard InChI is InChI=1S/C28H36O4/c1-16-17-7-8-20-25(3,18(17)13-19(29)23(16)31)10-12-27(5)21-14-28(6,32)22(30)15-24(21,2)9-11-26(20,27)4/h7-8,13,21,31-32H,9-12,14-15H2,1-6H3/t21-,24+,25+,26-,27+,28-/m1/s1. The molecule has 2 N–H and O–H groups in total. The number of rotatable bonds is 0. The van der Waals surface area contributed by atoms with Gasteiger partial charge in [0.1, 0.15) is 5.60 Å². The number of hydrogen-bond donors (Lipinski definition) is 2. The fourth-order valence-corrected chi connectivity index (χ4v) is 8.32. The van der Waals surface area contributed by atoms with Crippen LogP contribution >= 0.6 is 0 Å². The van der Waals surface area contributed by atoms with Crippen LogP contribution in [-0.2, 0) is 9.59 Å². The van der Waals surface area contributed by atoms with E-state index in [1.54, 1.807) is 13.0 Å². The summed E-state index contributed by atoms with van der Waals surface area (Å²) >= 11 is 0. The largest absolute Gasteiger partial charge is 0.504 e. The van der Waals surface area contributed by atoms with E-state index < -0.39 is 5.60 Å². The quantitative estimate of drug-likeness (QED) is 0.523. The molecule has 3 fully saturated rings. The lowest BCUT2D eigenvalue weighted by atomic mass is 9.35. The van der Waals surface area contributed by atoms with Crippen molar-refractivity contribution in [3.8, 4) is 0 Å². The van der Waals surface area contributed by atoms with Crippen LogP contribution in [0.3, 0.4) is 0 Å². The highest BCUT2D eigenvalue weighted by Crippen LogP contribution is 2.74. The zero-order chi connectivity index (χ0) is 23.5. The van der Waals surface area contributed by atoms with Gasteiger partial charge in [0.05, 0.1) is 0 Å². The molecule has 6 atom stereocenters. The highest BCUT2D eigenvalue weighted by molar-refractivity contribution is 6.06. The average molecular weight is 437 g/mol. The number of allylic oxidation sites excluding steroid dienone is 7. The van der Waals surface area contributed by atoms with Crippen LogP contribution in [0.15, 0.2) is 46.3 Å². The van der Waals surface area contributed by atoms with Crippen molar-refractivity contribution in [2.45, 2.75) is 85.7 Å². The molecule has 5 aliphatic carbocycles. The lowest BCUT2D eigenvalue weighted by Crippen LogP contribution is -2.64. The van der Waals surface area contributed by atoms with Crippen molar-refractivity contribution in [1.29, 1.82) is 0 Å². The van der Waals surface area contributed by atoms with E-state index in [-0.39, 0.29) is 44.9 Å². The minimum absolute atomic E-state index is 0.0125. The Morgan fingerprint density at radius 1 is 0.969 bits per heavy atom. The third kappa shape index (κ3) is 2.42. The van der Waals surface area contributed by atoms with E-state index in [1.165, 1.54) is 5.57 Å². The van der Waals surface area contributed by atoms with E-state index in [2.05, 4.69) is 39.8 Å². The summed E-state index contributed by atoms with van der Waals surface area (Å²) < 4.78 is 0. The van der Waals surface area contributed by atoms with Gasteiger partial charge in [-0.25, -0.2) is 0 Å². The zero-order valence-electron chi connectivity index (χ0n) is 20.3. The molecule has 5 rings (SSSR count). The highest BCUT2D eigenvalue weighted by atomic mass is 16.3. The summed E-state index contributed by atoms with van der Waals surface area (Å²) in [5, 5.41) is 21.2. The van der Waals surface area contributed by atoms with Gasteiger partial charge in [-0.15, -0.1) is 0 Å². The average Bonchev–Trinajstić information content (AvgIpc) is 2.71. The molecule has 172 valence electrons. The lowest BCUT2D eigenvalue weighted by molar-refractivity contribution is -0.184. The monoisotopic (exact) mass is 436 g/mol. The molecule has 0 aromatic heterocycles. The molecule has 0 radical (unpaired) electrons. The number of carbonyl (C=O) groups excluding carboxylic acids is 2. The predicted octanol–water partition coefficient (Wildman–Crippen LogP) is 5.54. The Balaban J connectivity index is 1.66. The summed E-state index contributed by atoms with van der Waals surface area (Å²) in [4.78, 5) is 25.3. The van der Waals surface area contributed by atoms with Gasteiger partial charge in [0.2, 0.25) is 5.78 Å². The smallest absolute Gasteiger partial charge is 0.220 e. The Hall–Kier alpha value is -1.94. The normalized spacial score (nSPS) is 48.1. The second-order valence-electron chi connectivity index (χ2n) is 12.4. The summed E-state index contributed by atoms with van der Waals surface area (Å²) in [5.74, 6) is -0.199. The molecule has 0 bridgehead atoms. The number of fused-ring (bicyclic) bond motifs is 7. The fourth-order valence-electron chi connectivity index (χ4n) is 8.32. The van der Waals surface area contributed by atoms with Gasteiger partial charge in [-0.05, 0) is 85.3 Å². The Morgan fingerprint density at radius 2 is 1.66 bits per heavy atom. The van der Waals surface area contributed by atoms with E-state index in [9.17, 15) is 19.8 Å². The van der Waals surface area contributed by atoms with E-state index in [0.29, 0.717) is 18.4 Å². The molecule has 32 heavy (non-hydrogen) atoms. The second-order valence-corrected chi connectivity index (χ2v) is 12.4. The van der Waals surface area contributed by atoms with Crippen LogP contribution in [0.25, 0.3) is 0 Å². The molecule has 5 aliphatic rings. The molecule has 0 aromatic rings. The van der Waals surface area contributed by atoms with Gasteiger partial charge in [0.15, 0.2) is 11.5 Å². The molecule has 0 heterocycles. The second kappa shape index (κ2) is 6.14. The van der Waals surface area contributed by atoms with Crippen molar-refractivity contribution in [2.75, 3.05) is 0 Å². The minimum atomic E-state index is -1.25. The van der Waals surface area contributed by atoms with Crippen LogP contribution in [0, 0.1) is 27.6 Å². The number of aliphatic hydroxyl groups is 2. The number of aliphatic hydroxyl groups excluding tert-OH is 1. The Morgan fingerprint density at radius 3 is 2.34 bits per heavy atom. The minimum Gasteiger partial charge on any atom is -0.504 e. The Labute approximate surface area is 191 Å². The van der Waals surface area contributed by atoms with Crippen LogP contribution < -0.4 is 0 Å². The predicted molar refractivity (Wildman–Crippen MR) is 124 cm³/mol. The van der Waals surface area contributed by atoms with Crippen molar-refractivity contribution in [3.63, 3.8) is 0 Å². The zero-order valence-corrected chi connectivity index (χ0v) is 20.3. The Bertz CT molecular complexity index is 1080. The van der Waals surface area contributed by atoms with Crippen molar-refractivity contribution < 1.29 is 19.8 Å². The molecule has 0 spiro atoms. The summed E-state index contributed by atoms with van der Waals surface area (Å²) in [5.41, 5.74) is 2.33. The molecular weight excluding hydrogens is 400 g/mol. The Kier molecular flexibility index (Phi) is 4.20. The SMILES string of the molecule is CC1=C(O)C(=O)C=C2C1=CC=C1[C@@]2(C)CC[C@@]2(C)[C@@H]3C[C@@](C)(O)C(=O)C[C@]3(C)CC[C@]12C. The van der Waals surface area contributed by atoms with Gasteiger partial charge in [-0.3, -0.25) is 9.59 Å². The lowest BCUT2D eigenvalue weighted by Gasteiger charge is -2.69. The maximum absolute atomic E-state index is 12.7. The van der Waals surface area contributed by atoms with E-state index in [4.69, 9.17) is 0 Å². The first-order chi connectivity index (χ1) is 14.7. The van der Waals surface area contributed by atoms with Crippen LogP contribution in [0.1, 0.15) is 80.1 Å². The maximum Gasteiger partial charge on any atom is 0.220 e. The summed E-state index contributed by atoms with van der Waals surface area (Å²) in [6.45, 7) is 12.8. The summed E-state index contributed by atoms with van der Waals surface area (Å²) in [6, 6.07) is 0. The molecule has 0 unspecified atom stereocenters. The van der Waals surface area contributed by atoms with Crippen LogP contribution in [-0.4, -0.2) is 27.4 Å². The van der Waals surface area contributed by atoms with Crippen LogP contribution in [0.4, 0.5) is 0 Å². The topological polar surface area (TPSA) is 74.6 Å². The first-order valence-electron chi connectivity index (χ1n) is 12.1. The fraction of sp³-hybridized carbons (Fsp3) is 0.643. The maximum atomic E-state index is 12.7. The van der Waals surface area contributed by atoms with Gasteiger partial charge in [0.25, 0.3) is 0 Å². The first kappa shape index (κ1) is 21.9. The van der Waals surface area contributed by atoms with Gasteiger partial charge in [-0.1, -0.05) is 45.4 Å². The number of carbonyl (C=O) groups is 2. The van der Waals surface area contributed by atoms with Crippen molar-refractivity contribution in [2.24, 2.45) is 27.6 Å². The number of Topliss-reactive ketones (excluding diaryl/α,β-unsaturated/α-hetero) is 1. The molecule has 4 nitrogen and oxygen atoms in total. The molecule has 0 saturated heterocycles. The van der Waals surface area contributed by atoms with Crippen molar-refractivity contribution >= 4 is 11.6 Å². The summed E-state index contributed by atoms with van der Waals surface area (Å²) in [7, 11) is 0. The molecular formula is C28H36O4. The van der Waals surface area contributed by atoms with Gasteiger partial charge < -0.3 is 10.2 Å². The molecule has 3 saturated carbocycles. The third-order valence-electron chi connectivity index (χ3n) is 10.7. The third-order valence-corrected chi connectivity index (χ3v) is 10.7. The highest BCUT2D eigenvalue weighted by Gasteiger charge is 2.67. The molecule has 0 aliphatic heterocycles. The number of ketones is 2. The molecule has 0 aromatic carbocycles.